The van der Waals surface area contributed by atoms with Crippen molar-refractivity contribution in [2.45, 2.75) is 65.9 Å². The molecule has 0 aliphatic carbocycles. The fourth-order valence-corrected chi connectivity index (χ4v) is 3.15. The van der Waals surface area contributed by atoms with Crippen LogP contribution < -0.4 is 19.5 Å². The number of rotatable bonds is 19. The van der Waals surface area contributed by atoms with Gasteiger partial charge in [-0.15, -0.1) is 13.2 Å². The first-order valence-electron chi connectivity index (χ1n) is 15.5. The van der Waals surface area contributed by atoms with Crippen LogP contribution in [0.15, 0.2) is 61.7 Å². The number of carbonyl (C=O) groups is 1. The van der Waals surface area contributed by atoms with E-state index in [-0.39, 0.29) is 17.2 Å². The normalized spacial score (nSPS) is 10.3. The van der Waals surface area contributed by atoms with Gasteiger partial charge in [0.25, 0.3) is 0 Å². The van der Waals surface area contributed by atoms with Gasteiger partial charge in [-0.3, -0.25) is 0 Å². The Morgan fingerprint density at radius 3 is 1.57 bits per heavy atom. The number of hydrogen-bond donors (Lipinski definition) is 4. The molecule has 4 N–H and O–H groups in total. The topological polar surface area (TPSA) is 145 Å². The van der Waals surface area contributed by atoms with E-state index in [9.17, 15) is 9.90 Å². The summed E-state index contributed by atoms with van der Waals surface area (Å²) in [5, 5.41) is 30.4. The molecule has 2 aromatic carbocycles. The van der Waals surface area contributed by atoms with E-state index in [1.165, 1.54) is 18.2 Å². The third kappa shape index (κ3) is 25.3. The van der Waals surface area contributed by atoms with Gasteiger partial charge in [-0.2, -0.15) is 0 Å². The Bertz CT molecular complexity index is 1080. The van der Waals surface area contributed by atoms with E-state index in [2.05, 4.69) is 25.4 Å². The van der Waals surface area contributed by atoms with Crippen LogP contribution in [0.25, 0.3) is 0 Å². The fraction of sp³-hybridized carbons (Fsp3) is 0.514. The molecule has 11 heteroatoms. The van der Waals surface area contributed by atoms with Crippen molar-refractivity contribution in [1.29, 1.82) is 0 Å². The number of benzene rings is 2. The third-order valence-electron chi connectivity index (χ3n) is 5.03. The molecule has 1 amide bonds. The van der Waals surface area contributed by atoms with Crippen molar-refractivity contribution in [3.63, 3.8) is 0 Å². The number of aromatic hydroxyl groups is 3. The number of carbonyl (C=O) groups excluding carboxylic acids is 1. The number of hydrogen-bond acceptors (Lipinski definition) is 10. The summed E-state index contributed by atoms with van der Waals surface area (Å²) in [7, 11) is 0. The largest absolute Gasteiger partial charge is 0.508 e. The Morgan fingerprint density at radius 2 is 1.11 bits per heavy atom. The quantitative estimate of drug-likeness (QED) is 0.0915. The lowest BCUT2D eigenvalue weighted by Gasteiger charge is -2.19. The second-order valence-electron chi connectivity index (χ2n) is 10.7. The average molecular weight is 650 g/mol. The van der Waals surface area contributed by atoms with Crippen molar-refractivity contribution < 1.29 is 48.5 Å². The summed E-state index contributed by atoms with van der Waals surface area (Å²) in [5.74, 6) is 1.74. The van der Waals surface area contributed by atoms with Gasteiger partial charge in [0.05, 0.1) is 26.4 Å². The lowest BCUT2D eigenvalue weighted by molar-refractivity contribution is 0.0499. The number of alkyl carbamates (subject to hydrolysis) is 1. The highest BCUT2D eigenvalue weighted by Gasteiger charge is 2.15. The molecular formula is C35H55NO10. The molecule has 0 aliphatic rings. The monoisotopic (exact) mass is 649 g/mol. The van der Waals surface area contributed by atoms with Gasteiger partial charge in [0.1, 0.15) is 46.7 Å². The zero-order chi connectivity index (χ0) is 34.6. The number of phenolic OH excluding ortho intramolecular Hbond substituents is 3. The van der Waals surface area contributed by atoms with Crippen LogP contribution in [0.5, 0.6) is 34.5 Å². The Kier molecular flexibility index (Phi) is 23.8. The minimum absolute atomic E-state index is 0.00592. The minimum Gasteiger partial charge on any atom is -0.508 e. The molecule has 0 bridgehead atoms. The molecule has 0 fully saturated rings. The number of amides is 1. The summed E-state index contributed by atoms with van der Waals surface area (Å²) in [6, 6.07) is 9.01. The van der Waals surface area contributed by atoms with Gasteiger partial charge in [-0.05, 0) is 46.5 Å². The first-order valence-corrected chi connectivity index (χ1v) is 15.5. The van der Waals surface area contributed by atoms with Crippen LogP contribution in [0.2, 0.25) is 0 Å². The Hall–Kier alpha value is -4.09. The van der Waals surface area contributed by atoms with Crippen molar-refractivity contribution in [2.75, 3.05) is 52.8 Å². The van der Waals surface area contributed by atoms with Crippen molar-refractivity contribution in [1.82, 2.24) is 5.32 Å². The van der Waals surface area contributed by atoms with Crippen LogP contribution in [0.3, 0.4) is 0 Å². The molecule has 0 aliphatic heterocycles. The maximum atomic E-state index is 11.1. The summed E-state index contributed by atoms with van der Waals surface area (Å²) >= 11 is 0. The molecule has 0 saturated carbocycles. The van der Waals surface area contributed by atoms with Crippen molar-refractivity contribution in [3.05, 3.63) is 61.7 Å². The van der Waals surface area contributed by atoms with E-state index in [1.807, 2.05) is 27.7 Å². The molecule has 0 unspecified atom stereocenters. The van der Waals surface area contributed by atoms with E-state index >= 15 is 0 Å². The molecule has 0 radical (unpaired) electrons. The van der Waals surface area contributed by atoms with Gasteiger partial charge in [0, 0.05) is 56.2 Å². The maximum absolute atomic E-state index is 11.1. The average Bonchev–Trinajstić information content (AvgIpc) is 2.96. The van der Waals surface area contributed by atoms with E-state index in [1.54, 1.807) is 30.4 Å². The molecule has 0 heterocycles. The summed E-state index contributed by atoms with van der Waals surface area (Å²) in [4.78, 5) is 11.1. The van der Waals surface area contributed by atoms with Gasteiger partial charge < -0.3 is 49.1 Å². The first-order chi connectivity index (χ1) is 21.9. The molecule has 46 heavy (non-hydrogen) atoms. The highest BCUT2D eigenvalue weighted by atomic mass is 16.6. The van der Waals surface area contributed by atoms with E-state index in [0.717, 1.165) is 38.9 Å². The zero-order valence-corrected chi connectivity index (χ0v) is 28.2. The van der Waals surface area contributed by atoms with Gasteiger partial charge in [0.15, 0.2) is 0 Å². The minimum atomic E-state index is -0.436. The highest BCUT2D eigenvalue weighted by Crippen LogP contribution is 2.27. The predicted octanol–water partition coefficient (Wildman–Crippen LogP) is 7.14. The van der Waals surface area contributed by atoms with Crippen LogP contribution in [-0.4, -0.2) is 79.8 Å². The maximum Gasteiger partial charge on any atom is 0.407 e. The third-order valence-corrected chi connectivity index (χ3v) is 5.03. The molecule has 0 aromatic heterocycles. The van der Waals surface area contributed by atoms with Crippen molar-refractivity contribution in [3.8, 4) is 34.5 Å². The van der Waals surface area contributed by atoms with E-state index in [4.69, 9.17) is 38.6 Å². The smallest absolute Gasteiger partial charge is 0.407 e. The Balaban J connectivity index is 0.000000677. The van der Waals surface area contributed by atoms with Gasteiger partial charge >= 0.3 is 6.09 Å². The van der Waals surface area contributed by atoms with Crippen molar-refractivity contribution in [2.24, 2.45) is 0 Å². The summed E-state index contributed by atoms with van der Waals surface area (Å²) < 4.78 is 31.7. The Labute approximate surface area is 274 Å². The van der Waals surface area contributed by atoms with Gasteiger partial charge in [-0.25, -0.2) is 4.79 Å². The highest BCUT2D eigenvalue weighted by molar-refractivity contribution is 5.67. The second kappa shape index (κ2) is 26.2. The number of phenols is 3. The van der Waals surface area contributed by atoms with Crippen molar-refractivity contribution >= 4 is 6.09 Å². The fourth-order valence-electron chi connectivity index (χ4n) is 3.15. The number of nitrogens with one attached hydrogen (secondary N) is 1. The molecule has 0 saturated heterocycles. The Morgan fingerprint density at radius 1 is 0.674 bits per heavy atom. The standard InChI is InChI=1S/C15H22O4.C10H21NO3.C10H12O3/c1-3-5-7-18-14-10-13(16)11-15(12-14)19-9-8-17-6-4-2;1-5-7-13-8-6-11-9(12)14-10(2,3)4;1-2-3-4-13-10-6-8(11)5-9(12)7-10/h3,10-12,16H,1,4-9H2,2H3;5-8H2,1-4H3,(H,11,12);2,5-7,11-12H,1,3-4H2. The lowest BCUT2D eigenvalue weighted by Crippen LogP contribution is -2.34. The molecule has 0 atom stereocenters. The zero-order valence-electron chi connectivity index (χ0n) is 28.2. The second-order valence-corrected chi connectivity index (χ2v) is 10.7. The van der Waals surface area contributed by atoms with Crippen LogP contribution in [0, 0.1) is 0 Å². The summed E-state index contributed by atoms with van der Waals surface area (Å²) in [5.41, 5.74) is -0.436. The summed E-state index contributed by atoms with van der Waals surface area (Å²) in [6.07, 6.45) is 6.61. The molecule has 2 rings (SSSR count). The van der Waals surface area contributed by atoms with E-state index in [0.29, 0.717) is 56.8 Å². The molecule has 2 aromatic rings. The summed E-state index contributed by atoms with van der Waals surface area (Å²) in [6.45, 7) is 21.3. The van der Waals surface area contributed by atoms with Crippen LogP contribution in [0.1, 0.15) is 60.3 Å². The first kappa shape index (κ1) is 41.9. The lowest BCUT2D eigenvalue weighted by atomic mass is 10.2. The van der Waals surface area contributed by atoms with Crippen LogP contribution in [0.4, 0.5) is 4.79 Å². The SMILES string of the molecule is C=CCCOc1cc(O)cc(O)c1.C=CCCOc1cc(O)cc(OCCOCCC)c1.CCCOCCNC(=O)OC(C)(C)C. The van der Waals surface area contributed by atoms with E-state index < -0.39 is 11.7 Å². The number of ether oxygens (including phenoxy) is 6. The molecular weight excluding hydrogens is 594 g/mol. The van der Waals surface area contributed by atoms with Gasteiger partial charge in [-0.1, -0.05) is 26.0 Å². The molecule has 0 spiro atoms. The molecule has 11 nitrogen and oxygen atoms in total. The van der Waals surface area contributed by atoms with Gasteiger partial charge in [0.2, 0.25) is 0 Å². The predicted molar refractivity (Wildman–Crippen MR) is 180 cm³/mol. The van der Waals surface area contributed by atoms with Crippen LogP contribution >= 0.6 is 0 Å². The molecule has 260 valence electrons. The van der Waals surface area contributed by atoms with Crippen LogP contribution in [-0.2, 0) is 14.2 Å².